The van der Waals surface area contributed by atoms with Gasteiger partial charge in [-0.15, -0.1) is 10.2 Å². The van der Waals surface area contributed by atoms with Gasteiger partial charge in [-0.2, -0.15) is 0 Å². The molecule has 0 unspecified atom stereocenters. The van der Waals surface area contributed by atoms with Crippen LogP contribution in [0.25, 0.3) is 17.1 Å². The molecule has 0 bridgehead atoms. The summed E-state index contributed by atoms with van der Waals surface area (Å²) in [5, 5.41) is 9.40. The highest BCUT2D eigenvalue weighted by molar-refractivity contribution is 7.99. The Labute approximate surface area is 202 Å². The fourth-order valence-corrected chi connectivity index (χ4v) is 4.39. The van der Waals surface area contributed by atoms with Crippen molar-refractivity contribution in [1.82, 2.24) is 19.7 Å². The second-order valence-corrected chi connectivity index (χ2v) is 8.75. The predicted molar refractivity (Wildman–Crippen MR) is 132 cm³/mol. The third-order valence-corrected chi connectivity index (χ3v) is 6.30. The lowest BCUT2D eigenvalue weighted by Gasteiger charge is -2.17. The average molecular weight is 477 g/mol. The highest BCUT2D eigenvalue weighted by atomic mass is 32.2. The normalized spacial score (nSPS) is 10.8. The second kappa shape index (κ2) is 10.5. The topological polar surface area (TPSA) is 60.3 Å². The lowest BCUT2D eigenvalue weighted by atomic mass is 10.1. The number of aryl methyl sites for hydroxylation is 1. The van der Waals surface area contributed by atoms with Crippen LogP contribution in [0, 0.1) is 12.7 Å². The molecular weight excluding hydrogens is 451 g/mol. The molecule has 3 aromatic carbocycles. The van der Waals surface area contributed by atoms with Crippen molar-refractivity contribution in [3.05, 3.63) is 89.7 Å². The summed E-state index contributed by atoms with van der Waals surface area (Å²) in [6, 6.07) is 22.1. The largest absolute Gasteiger partial charge is 0.496 e. The van der Waals surface area contributed by atoms with E-state index in [4.69, 9.17) is 4.74 Å². The molecule has 0 aliphatic carbocycles. The standard InChI is InChI=1S/C26H25FN4O2S/c1-18-12-14-20(15-13-18)31-25(21-9-5-7-11-23(21)33-3)28-29-26(31)34-17-24(32)30(2)16-19-8-4-6-10-22(19)27/h4-15H,16-17H2,1-3H3. The van der Waals surface area contributed by atoms with Gasteiger partial charge in [-0.25, -0.2) is 4.39 Å². The summed E-state index contributed by atoms with van der Waals surface area (Å²) < 4.78 is 21.4. The fraction of sp³-hybridized carbons (Fsp3) is 0.192. The second-order valence-electron chi connectivity index (χ2n) is 7.81. The van der Waals surface area contributed by atoms with Gasteiger partial charge in [0, 0.05) is 24.8 Å². The number of para-hydroxylation sites is 1. The maximum Gasteiger partial charge on any atom is 0.233 e. The molecule has 0 N–H and O–H groups in total. The van der Waals surface area contributed by atoms with E-state index in [1.807, 2.05) is 60.0 Å². The zero-order chi connectivity index (χ0) is 24.1. The van der Waals surface area contributed by atoms with Crippen LogP contribution in [0.5, 0.6) is 5.75 Å². The van der Waals surface area contributed by atoms with Gasteiger partial charge in [-0.1, -0.05) is 59.8 Å². The number of carbonyl (C=O) groups is 1. The van der Waals surface area contributed by atoms with Crippen LogP contribution in [0.3, 0.4) is 0 Å². The molecule has 0 saturated heterocycles. The van der Waals surface area contributed by atoms with Crippen LogP contribution in [0.4, 0.5) is 4.39 Å². The Morgan fingerprint density at radius 3 is 2.47 bits per heavy atom. The van der Waals surface area contributed by atoms with E-state index in [2.05, 4.69) is 10.2 Å². The number of benzene rings is 3. The van der Waals surface area contributed by atoms with Crippen molar-refractivity contribution in [2.75, 3.05) is 19.9 Å². The Morgan fingerprint density at radius 1 is 1.03 bits per heavy atom. The number of nitrogens with zero attached hydrogens (tertiary/aromatic N) is 4. The molecule has 0 spiro atoms. The molecule has 1 heterocycles. The number of ether oxygens (including phenoxy) is 1. The van der Waals surface area contributed by atoms with Gasteiger partial charge in [0.2, 0.25) is 5.91 Å². The van der Waals surface area contributed by atoms with Crippen LogP contribution in [0.1, 0.15) is 11.1 Å². The minimum atomic E-state index is -0.324. The van der Waals surface area contributed by atoms with E-state index in [0.29, 0.717) is 22.3 Å². The van der Waals surface area contributed by atoms with E-state index in [1.165, 1.54) is 22.7 Å². The van der Waals surface area contributed by atoms with E-state index in [0.717, 1.165) is 16.8 Å². The number of methoxy groups -OCH3 is 1. The summed E-state index contributed by atoms with van der Waals surface area (Å²) in [5.41, 5.74) is 3.29. The van der Waals surface area contributed by atoms with Gasteiger partial charge >= 0.3 is 0 Å². The van der Waals surface area contributed by atoms with Gasteiger partial charge < -0.3 is 9.64 Å². The number of hydrogen-bond donors (Lipinski definition) is 0. The molecule has 0 aliphatic heterocycles. The van der Waals surface area contributed by atoms with Crippen LogP contribution >= 0.6 is 11.8 Å². The molecule has 4 aromatic rings. The van der Waals surface area contributed by atoms with Crippen molar-refractivity contribution in [3.8, 4) is 22.8 Å². The molecular formula is C26H25FN4O2S. The Hall–Kier alpha value is -3.65. The molecule has 0 atom stereocenters. The Bertz CT molecular complexity index is 1290. The molecule has 6 nitrogen and oxygen atoms in total. The van der Waals surface area contributed by atoms with Crippen molar-refractivity contribution < 1.29 is 13.9 Å². The quantitative estimate of drug-likeness (QED) is 0.330. The van der Waals surface area contributed by atoms with E-state index in [1.54, 1.807) is 32.4 Å². The molecule has 0 radical (unpaired) electrons. The van der Waals surface area contributed by atoms with Crippen molar-refractivity contribution in [2.24, 2.45) is 0 Å². The first kappa shape index (κ1) is 23.5. The minimum Gasteiger partial charge on any atom is -0.496 e. The predicted octanol–water partition coefficient (Wildman–Crippen LogP) is 5.14. The summed E-state index contributed by atoms with van der Waals surface area (Å²) in [5.74, 6) is 0.985. The van der Waals surface area contributed by atoms with Crippen molar-refractivity contribution in [3.63, 3.8) is 0 Å². The molecule has 0 saturated carbocycles. The number of aromatic nitrogens is 3. The maximum absolute atomic E-state index is 14.0. The van der Waals surface area contributed by atoms with Gasteiger partial charge in [-0.05, 0) is 37.3 Å². The van der Waals surface area contributed by atoms with E-state index in [9.17, 15) is 9.18 Å². The molecule has 1 amide bonds. The number of carbonyl (C=O) groups excluding carboxylic acids is 1. The first-order valence-electron chi connectivity index (χ1n) is 10.7. The SMILES string of the molecule is COc1ccccc1-c1nnc(SCC(=O)N(C)Cc2ccccc2F)n1-c1ccc(C)cc1. The van der Waals surface area contributed by atoms with Crippen LogP contribution in [-0.2, 0) is 11.3 Å². The molecule has 4 rings (SSSR count). The summed E-state index contributed by atoms with van der Waals surface area (Å²) in [7, 11) is 3.28. The first-order chi connectivity index (χ1) is 16.5. The lowest BCUT2D eigenvalue weighted by Crippen LogP contribution is -2.28. The van der Waals surface area contributed by atoms with Crippen molar-refractivity contribution >= 4 is 17.7 Å². The zero-order valence-electron chi connectivity index (χ0n) is 19.2. The third kappa shape index (κ3) is 5.12. The molecule has 34 heavy (non-hydrogen) atoms. The number of rotatable bonds is 8. The van der Waals surface area contributed by atoms with E-state index < -0.39 is 0 Å². The monoisotopic (exact) mass is 476 g/mol. The van der Waals surface area contributed by atoms with Gasteiger partial charge in [0.05, 0.1) is 18.4 Å². The van der Waals surface area contributed by atoms with Gasteiger partial charge in [0.1, 0.15) is 11.6 Å². The van der Waals surface area contributed by atoms with Gasteiger partial charge in [0.25, 0.3) is 0 Å². The van der Waals surface area contributed by atoms with E-state index >= 15 is 0 Å². The van der Waals surface area contributed by atoms with Crippen molar-refractivity contribution in [1.29, 1.82) is 0 Å². The maximum atomic E-state index is 14.0. The first-order valence-corrected chi connectivity index (χ1v) is 11.7. The molecule has 1 aromatic heterocycles. The summed E-state index contributed by atoms with van der Waals surface area (Å²) in [4.78, 5) is 14.3. The third-order valence-electron chi connectivity index (χ3n) is 5.39. The highest BCUT2D eigenvalue weighted by Crippen LogP contribution is 2.33. The Kier molecular flexibility index (Phi) is 7.27. The Morgan fingerprint density at radius 2 is 1.74 bits per heavy atom. The van der Waals surface area contributed by atoms with Gasteiger partial charge in [0.15, 0.2) is 11.0 Å². The zero-order valence-corrected chi connectivity index (χ0v) is 20.1. The molecule has 0 fully saturated rings. The minimum absolute atomic E-state index is 0.134. The molecule has 8 heteroatoms. The molecule has 174 valence electrons. The smallest absolute Gasteiger partial charge is 0.233 e. The summed E-state index contributed by atoms with van der Waals surface area (Å²) in [6.45, 7) is 2.22. The number of hydrogen-bond acceptors (Lipinski definition) is 5. The van der Waals surface area contributed by atoms with Crippen LogP contribution in [0.2, 0.25) is 0 Å². The fourth-order valence-electron chi connectivity index (χ4n) is 3.50. The van der Waals surface area contributed by atoms with Crippen LogP contribution < -0.4 is 4.74 Å². The highest BCUT2D eigenvalue weighted by Gasteiger charge is 2.20. The average Bonchev–Trinajstić information content (AvgIpc) is 3.28. The van der Waals surface area contributed by atoms with E-state index in [-0.39, 0.29) is 24.0 Å². The lowest BCUT2D eigenvalue weighted by molar-refractivity contribution is -0.127. The number of halogens is 1. The van der Waals surface area contributed by atoms with Crippen LogP contribution in [0.15, 0.2) is 78.0 Å². The van der Waals surface area contributed by atoms with Crippen LogP contribution in [-0.4, -0.2) is 45.5 Å². The van der Waals surface area contributed by atoms with Gasteiger partial charge in [-0.3, -0.25) is 9.36 Å². The number of thioether (sulfide) groups is 1. The summed E-state index contributed by atoms with van der Waals surface area (Å²) >= 11 is 1.29. The number of amides is 1. The molecule has 0 aliphatic rings. The summed E-state index contributed by atoms with van der Waals surface area (Å²) in [6.07, 6.45) is 0. The van der Waals surface area contributed by atoms with Crippen molar-refractivity contribution in [2.45, 2.75) is 18.6 Å². The Balaban J connectivity index is 1.60.